The van der Waals surface area contributed by atoms with Crippen LogP contribution in [0.2, 0.25) is 0 Å². The number of nitrogens with one attached hydrogen (secondary N) is 1. The molecule has 3 nitrogen and oxygen atoms in total. The number of anilines is 1. The first-order chi connectivity index (χ1) is 7.42. The maximum Gasteiger partial charge on any atom is 0.389 e. The normalized spacial score (nSPS) is 11.6. The van der Waals surface area contributed by atoms with Crippen LogP contribution in [0.25, 0.3) is 0 Å². The molecule has 0 saturated carbocycles. The second-order valence-electron chi connectivity index (χ2n) is 3.13. The van der Waals surface area contributed by atoms with Crippen LogP contribution in [-0.4, -0.2) is 22.7 Å². The number of rotatable bonds is 4. The number of nitrogens with zero attached hydrogens (tertiary/aromatic N) is 2. The molecule has 0 radical (unpaired) electrons. The molecule has 0 saturated heterocycles. The van der Waals surface area contributed by atoms with E-state index in [2.05, 4.69) is 15.3 Å². The van der Waals surface area contributed by atoms with Crippen LogP contribution < -0.4 is 5.32 Å². The van der Waals surface area contributed by atoms with E-state index in [1.807, 2.05) is 29.5 Å². The zero-order chi connectivity index (χ0) is 12.2. The zero-order valence-electron chi connectivity index (χ0n) is 8.60. The largest absolute Gasteiger partial charge is 0.389 e. The van der Waals surface area contributed by atoms with Crippen molar-refractivity contribution < 1.29 is 13.2 Å². The van der Waals surface area contributed by atoms with Gasteiger partial charge < -0.3 is 5.32 Å². The summed E-state index contributed by atoms with van der Waals surface area (Å²) in [6.07, 6.45) is -3.71. The van der Waals surface area contributed by atoms with Crippen molar-refractivity contribution in [2.24, 2.45) is 0 Å². The van der Waals surface area contributed by atoms with Gasteiger partial charge in [0.1, 0.15) is 11.6 Å². The van der Waals surface area contributed by atoms with Gasteiger partial charge in [-0.25, -0.2) is 9.97 Å². The van der Waals surface area contributed by atoms with E-state index in [0.717, 1.165) is 3.57 Å². The maximum absolute atomic E-state index is 12.0. The van der Waals surface area contributed by atoms with Crippen molar-refractivity contribution >= 4 is 28.4 Å². The lowest BCUT2D eigenvalue weighted by molar-refractivity contribution is -0.134. The molecule has 0 atom stereocenters. The van der Waals surface area contributed by atoms with E-state index < -0.39 is 12.6 Å². The highest BCUT2D eigenvalue weighted by molar-refractivity contribution is 14.1. The van der Waals surface area contributed by atoms with Gasteiger partial charge in [0, 0.05) is 19.2 Å². The smallest absolute Gasteiger partial charge is 0.369 e. The first kappa shape index (κ1) is 13.5. The van der Waals surface area contributed by atoms with Crippen molar-refractivity contribution in [2.75, 3.05) is 11.9 Å². The molecule has 0 aliphatic carbocycles. The number of hydrogen-bond acceptors (Lipinski definition) is 3. The molecule has 90 valence electrons. The third kappa shape index (κ3) is 4.50. The Morgan fingerprint density at radius 3 is 2.69 bits per heavy atom. The Labute approximate surface area is 105 Å². The standard InChI is InChI=1S/C9H11F3IN3/c1-2-14-8-6(13)5-15-7(16-8)3-4-9(10,11)12/h5H,2-4H2,1H3,(H,14,15,16). The molecule has 0 spiro atoms. The summed E-state index contributed by atoms with van der Waals surface area (Å²) in [5.41, 5.74) is 0. The Balaban J connectivity index is 2.71. The highest BCUT2D eigenvalue weighted by Gasteiger charge is 2.27. The molecule has 1 aromatic heterocycles. The second kappa shape index (κ2) is 5.65. The molecule has 1 rings (SSSR count). The van der Waals surface area contributed by atoms with Gasteiger partial charge in [-0.05, 0) is 29.5 Å². The predicted octanol–water partition coefficient (Wildman–Crippen LogP) is 3.01. The monoisotopic (exact) mass is 345 g/mol. The molecule has 0 unspecified atom stereocenters. The average molecular weight is 345 g/mol. The van der Waals surface area contributed by atoms with Crippen molar-refractivity contribution in [2.45, 2.75) is 25.9 Å². The van der Waals surface area contributed by atoms with Gasteiger partial charge in [-0.2, -0.15) is 13.2 Å². The van der Waals surface area contributed by atoms with Crippen molar-refractivity contribution in [3.8, 4) is 0 Å². The zero-order valence-corrected chi connectivity index (χ0v) is 10.8. The SMILES string of the molecule is CCNc1nc(CCC(F)(F)F)ncc1I. The lowest BCUT2D eigenvalue weighted by atomic mass is 10.3. The summed E-state index contributed by atoms with van der Waals surface area (Å²) in [5.74, 6) is 0.809. The Morgan fingerprint density at radius 2 is 2.12 bits per heavy atom. The molecule has 0 aliphatic rings. The fourth-order valence-corrected chi connectivity index (χ4v) is 1.52. The molecule has 0 amide bonds. The highest BCUT2D eigenvalue weighted by Crippen LogP contribution is 2.22. The summed E-state index contributed by atoms with van der Waals surface area (Å²) in [7, 11) is 0. The molecule has 1 N–H and O–H groups in total. The minimum atomic E-state index is -4.16. The lowest BCUT2D eigenvalue weighted by Gasteiger charge is -2.08. The molecule has 0 fully saturated rings. The predicted molar refractivity (Wildman–Crippen MR) is 63.3 cm³/mol. The third-order valence-electron chi connectivity index (χ3n) is 1.77. The van der Waals surface area contributed by atoms with Crippen LogP contribution in [0.3, 0.4) is 0 Å². The topological polar surface area (TPSA) is 37.8 Å². The van der Waals surface area contributed by atoms with Gasteiger partial charge in [-0.15, -0.1) is 0 Å². The van der Waals surface area contributed by atoms with E-state index in [9.17, 15) is 13.2 Å². The van der Waals surface area contributed by atoms with Crippen LogP contribution in [0.5, 0.6) is 0 Å². The highest BCUT2D eigenvalue weighted by atomic mass is 127. The van der Waals surface area contributed by atoms with E-state index in [4.69, 9.17) is 0 Å². The van der Waals surface area contributed by atoms with Gasteiger partial charge >= 0.3 is 6.18 Å². The number of aromatic nitrogens is 2. The number of aryl methyl sites for hydroxylation is 1. The quantitative estimate of drug-likeness (QED) is 0.853. The van der Waals surface area contributed by atoms with Crippen LogP contribution in [-0.2, 0) is 6.42 Å². The Hall–Kier alpha value is -0.600. The van der Waals surface area contributed by atoms with Crippen LogP contribution >= 0.6 is 22.6 Å². The molecule has 1 aromatic rings. The third-order valence-corrected chi connectivity index (χ3v) is 2.56. The van der Waals surface area contributed by atoms with Crippen molar-refractivity contribution in [3.05, 3.63) is 15.6 Å². The first-order valence-electron chi connectivity index (χ1n) is 4.74. The van der Waals surface area contributed by atoms with Crippen molar-refractivity contribution in [1.29, 1.82) is 0 Å². The Bertz CT molecular complexity index is 354. The molecule has 7 heteroatoms. The fourth-order valence-electron chi connectivity index (χ4n) is 1.07. The molecule has 0 aliphatic heterocycles. The minimum absolute atomic E-state index is 0.182. The van der Waals surface area contributed by atoms with Gasteiger partial charge in [0.25, 0.3) is 0 Å². The van der Waals surface area contributed by atoms with Gasteiger partial charge in [0.05, 0.1) is 9.99 Å². The number of alkyl halides is 3. The molecular weight excluding hydrogens is 334 g/mol. The maximum atomic E-state index is 12.0. The van der Waals surface area contributed by atoms with Gasteiger partial charge in [0.15, 0.2) is 0 Å². The summed E-state index contributed by atoms with van der Waals surface area (Å²) < 4.78 is 36.8. The molecule has 16 heavy (non-hydrogen) atoms. The van der Waals surface area contributed by atoms with Crippen LogP contribution in [0.1, 0.15) is 19.2 Å². The minimum Gasteiger partial charge on any atom is -0.369 e. The number of hydrogen-bond donors (Lipinski definition) is 1. The van der Waals surface area contributed by atoms with Crippen LogP contribution in [0, 0.1) is 3.57 Å². The summed E-state index contributed by atoms with van der Waals surface area (Å²) in [4.78, 5) is 7.90. The van der Waals surface area contributed by atoms with E-state index in [-0.39, 0.29) is 12.2 Å². The summed E-state index contributed by atoms with van der Waals surface area (Å²) in [6.45, 7) is 2.57. The molecule has 0 bridgehead atoms. The molecule has 1 heterocycles. The first-order valence-corrected chi connectivity index (χ1v) is 5.82. The van der Waals surface area contributed by atoms with Crippen LogP contribution in [0.4, 0.5) is 19.0 Å². The van der Waals surface area contributed by atoms with Crippen molar-refractivity contribution in [1.82, 2.24) is 9.97 Å². The number of halogens is 4. The lowest BCUT2D eigenvalue weighted by Crippen LogP contribution is -2.11. The van der Waals surface area contributed by atoms with E-state index >= 15 is 0 Å². The van der Waals surface area contributed by atoms with E-state index in [1.165, 1.54) is 6.20 Å². The van der Waals surface area contributed by atoms with E-state index in [0.29, 0.717) is 12.4 Å². The van der Waals surface area contributed by atoms with Gasteiger partial charge in [-0.3, -0.25) is 0 Å². The average Bonchev–Trinajstić information content (AvgIpc) is 2.18. The molecular formula is C9H11F3IN3. The van der Waals surface area contributed by atoms with Crippen LogP contribution in [0.15, 0.2) is 6.20 Å². The summed E-state index contributed by atoms with van der Waals surface area (Å²) >= 11 is 2.04. The van der Waals surface area contributed by atoms with Gasteiger partial charge in [-0.1, -0.05) is 0 Å². The Kier molecular flexibility index (Phi) is 4.75. The Morgan fingerprint density at radius 1 is 1.44 bits per heavy atom. The summed E-state index contributed by atoms with van der Waals surface area (Å²) in [5, 5.41) is 2.97. The second-order valence-corrected chi connectivity index (χ2v) is 4.29. The van der Waals surface area contributed by atoms with Gasteiger partial charge in [0.2, 0.25) is 0 Å². The molecule has 0 aromatic carbocycles. The summed E-state index contributed by atoms with van der Waals surface area (Å²) in [6, 6.07) is 0. The van der Waals surface area contributed by atoms with E-state index in [1.54, 1.807) is 0 Å². The fraction of sp³-hybridized carbons (Fsp3) is 0.556. The van der Waals surface area contributed by atoms with Crippen molar-refractivity contribution in [3.63, 3.8) is 0 Å².